The standard InChI is InChI=1S/C12H20N2/c1-12(2,3)8-10-7-11(9-5-6-9)13-14(10)4/h7,9H,5-6,8H2,1-4H3. The molecule has 0 bridgehead atoms. The van der Waals surface area contributed by atoms with Gasteiger partial charge in [0.05, 0.1) is 5.69 Å². The lowest BCUT2D eigenvalue weighted by atomic mass is 9.90. The van der Waals surface area contributed by atoms with Crippen LogP contribution < -0.4 is 0 Å². The number of aryl methyl sites for hydroxylation is 1. The Morgan fingerprint density at radius 1 is 1.43 bits per heavy atom. The van der Waals surface area contributed by atoms with E-state index in [1.165, 1.54) is 24.2 Å². The molecule has 0 radical (unpaired) electrons. The largest absolute Gasteiger partial charge is 0.272 e. The van der Waals surface area contributed by atoms with Gasteiger partial charge in [0.2, 0.25) is 0 Å². The summed E-state index contributed by atoms with van der Waals surface area (Å²) < 4.78 is 2.05. The fraction of sp³-hybridized carbons (Fsp3) is 0.750. The second-order valence-corrected chi connectivity index (χ2v) is 5.70. The van der Waals surface area contributed by atoms with Crippen LogP contribution in [0.1, 0.15) is 50.9 Å². The number of rotatable bonds is 2. The summed E-state index contributed by atoms with van der Waals surface area (Å²) in [6.45, 7) is 6.82. The van der Waals surface area contributed by atoms with Crippen LogP contribution in [0, 0.1) is 5.41 Å². The average molecular weight is 192 g/mol. The van der Waals surface area contributed by atoms with E-state index < -0.39 is 0 Å². The van der Waals surface area contributed by atoms with E-state index in [1.807, 2.05) is 0 Å². The van der Waals surface area contributed by atoms with E-state index in [0.717, 1.165) is 12.3 Å². The Bertz CT molecular complexity index is 327. The molecule has 14 heavy (non-hydrogen) atoms. The van der Waals surface area contributed by atoms with E-state index in [-0.39, 0.29) is 0 Å². The molecule has 2 rings (SSSR count). The Morgan fingerprint density at radius 2 is 2.07 bits per heavy atom. The van der Waals surface area contributed by atoms with Gasteiger partial charge >= 0.3 is 0 Å². The van der Waals surface area contributed by atoms with E-state index >= 15 is 0 Å². The molecule has 1 heterocycles. The van der Waals surface area contributed by atoms with Crippen LogP contribution in [0.25, 0.3) is 0 Å². The second-order valence-electron chi connectivity index (χ2n) is 5.70. The van der Waals surface area contributed by atoms with Crippen molar-refractivity contribution in [2.24, 2.45) is 12.5 Å². The molecule has 0 aromatic carbocycles. The van der Waals surface area contributed by atoms with E-state index in [4.69, 9.17) is 0 Å². The molecule has 0 spiro atoms. The zero-order chi connectivity index (χ0) is 10.3. The Labute approximate surface area is 86.3 Å². The molecule has 1 fully saturated rings. The molecule has 0 amide bonds. The van der Waals surface area contributed by atoms with Gasteiger partial charge < -0.3 is 0 Å². The Balaban J connectivity index is 2.16. The minimum atomic E-state index is 0.356. The topological polar surface area (TPSA) is 17.8 Å². The SMILES string of the molecule is Cn1nc(C2CC2)cc1CC(C)(C)C. The van der Waals surface area contributed by atoms with Gasteiger partial charge in [0.25, 0.3) is 0 Å². The van der Waals surface area contributed by atoms with Gasteiger partial charge in [-0.2, -0.15) is 5.10 Å². The first-order valence-electron chi connectivity index (χ1n) is 5.48. The molecule has 2 nitrogen and oxygen atoms in total. The number of nitrogens with zero attached hydrogens (tertiary/aromatic N) is 2. The first-order valence-corrected chi connectivity index (χ1v) is 5.48. The predicted molar refractivity (Wildman–Crippen MR) is 58.3 cm³/mol. The minimum Gasteiger partial charge on any atom is -0.272 e. The van der Waals surface area contributed by atoms with Crippen LogP contribution in [0.4, 0.5) is 0 Å². The molecule has 0 unspecified atom stereocenters. The molecule has 0 N–H and O–H groups in total. The van der Waals surface area contributed by atoms with Crippen molar-refractivity contribution in [2.45, 2.75) is 46.0 Å². The lowest BCUT2D eigenvalue weighted by molar-refractivity contribution is 0.398. The first-order chi connectivity index (χ1) is 6.46. The maximum absolute atomic E-state index is 4.57. The van der Waals surface area contributed by atoms with Crippen LogP contribution in [0.5, 0.6) is 0 Å². The van der Waals surface area contributed by atoms with Crippen molar-refractivity contribution in [2.75, 3.05) is 0 Å². The van der Waals surface area contributed by atoms with E-state index in [2.05, 4.69) is 43.7 Å². The quantitative estimate of drug-likeness (QED) is 0.704. The van der Waals surface area contributed by atoms with Crippen molar-refractivity contribution in [1.29, 1.82) is 0 Å². The van der Waals surface area contributed by atoms with Gasteiger partial charge in [-0.3, -0.25) is 4.68 Å². The number of hydrogen-bond donors (Lipinski definition) is 0. The lowest BCUT2D eigenvalue weighted by Gasteiger charge is -2.17. The van der Waals surface area contributed by atoms with E-state index in [0.29, 0.717) is 5.41 Å². The molecule has 1 aliphatic rings. The van der Waals surface area contributed by atoms with Gasteiger partial charge in [0.1, 0.15) is 0 Å². The van der Waals surface area contributed by atoms with E-state index in [1.54, 1.807) is 0 Å². The summed E-state index contributed by atoms with van der Waals surface area (Å²) in [6.07, 6.45) is 3.79. The van der Waals surface area contributed by atoms with Crippen molar-refractivity contribution < 1.29 is 0 Å². The van der Waals surface area contributed by atoms with Crippen LogP contribution in [0.15, 0.2) is 6.07 Å². The first kappa shape index (κ1) is 9.75. The highest BCUT2D eigenvalue weighted by molar-refractivity contribution is 5.19. The zero-order valence-corrected chi connectivity index (χ0v) is 9.67. The summed E-state index contributed by atoms with van der Waals surface area (Å²) >= 11 is 0. The molecule has 0 saturated heterocycles. The summed E-state index contributed by atoms with van der Waals surface area (Å²) in [7, 11) is 2.06. The van der Waals surface area contributed by atoms with Gasteiger partial charge in [-0.15, -0.1) is 0 Å². The molecule has 1 saturated carbocycles. The van der Waals surface area contributed by atoms with Crippen molar-refractivity contribution in [3.63, 3.8) is 0 Å². The second kappa shape index (κ2) is 3.11. The Kier molecular flexibility index (Phi) is 2.17. The third-order valence-electron chi connectivity index (χ3n) is 2.70. The Morgan fingerprint density at radius 3 is 2.57 bits per heavy atom. The highest BCUT2D eigenvalue weighted by Gasteiger charge is 2.27. The summed E-state index contributed by atoms with van der Waals surface area (Å²) in [6, 6.07) is 2.29. The fourth-order valence-electron chi connectivity index (χ4n) is 1.82. The van der Waals surface area contributed by atoms with Crippen LogP contribution in [0.3, 0.4) is 0 Å². The molecular weight excluding hydrogens is 172 g/mol. The maximum Gasteiger partial charge on any atom is 0.0658 e. The number of aromatic nitrogens is 2. The van der Waals surface area contributed by atoms with Crippen molar-refractivity contribution in [1.82, 2.24) is 9.78 Å². The highest BCUT2D eigenvalue weighted by Crippen LogP contribution is 2.39. The van der Waals surface area contributed by atoms with Crippen molar-refractivity contribution in [3.8, 4) is 0 Å². The van der Waals surface area contributed by atoms with Gasteiger partial charge in [-0.25, -0.2) is 0 Å². The lowest BCUT2D eigenvalue weighted by Crippen LogP contribution is -2.12. The molecule has 78 valence electrons. The van der Waals surface area contributed by atoms with Gasteiger partial charge in [0, 0.05) is 18.7 Å². The van der Waals surface area contributed by atoms with Crippen LogP contribution >= 0.6 is 0 Å². The average Bonchev–Trinajstić information content (AvgIpc) is 2.77. The summed E-state index contributed by atoms with van der Waals surface area (Å²) in [5, 5.41) is 4.57. The molecule has 0 aliphatic heterocycles. The Hall–Kier alpha value is -0.790. The normalized spacial score (nSPS) is 17.4. The third-order valence-corrected chi connectivity index (χ3v) is 2.70. The van der Waals surface area contributed by atoms with Gasteiger partial charge in [0.15, 0.2) is 0 Å². The van der Waals surface area contributed by atoms with Crippen molar-refractivity contribution in [3.05, 3.63) is 17.5 Å². The molecule has 0 atom stereocenters. The zero-order valence-electron chi connectivity index (χ0n) is 9.67. The van der Waals surface area contributed by atoms with Crippen LogP contribution in [-0.4, -0.2) is 9.78 Å². The van der Waals surface area contributed by atoms with Gasteiger partial charge in [-0.1, -0.05) is 20.8 Å². The fourth-order valence-corrected chi connectivity index (χ4v) is 1.82. The van der Waals surface area contributed by atoms with Gasteiger partial charge in [-0.05, 0) is 30.7 Å². The molecular formula is C12H20N2. The molecule has 1 aromatic heterocycles. The monoisotopic (exact) mass is 192 g/mol. The summed E-state index contributed by atoms with van der Waals surface area (Å²) in [4.78, 5) is 0. The molecule has 2 heteroatoms. The van der Waals surface area contributed by atoms with Crippen LogP contribution in [-0.2, 0) is 13.5 Å². The number of hydrogen-bond acceptors (Lipinski definition) is 1. The highest BCUT2D eigenvalue weighted by atomic mass is 15.3. The molecule has 1 aliphatic carbocycles. The summed E-state index contributed by atoms with van der Waals surface area (Å²) in [5.41, 5.74) is 3.04. The summed E-state index contributed by atoms with van der Waals surface area (Å²) in [5.74, 6) is 0.773. The van der Waals surface area contributed by atoms with E-state index in [9.17, 15) is 0 Å². The minimum absolute atomic E-state index is 0.356. The van der Waals surface area contributed by atoms with Crippen molar-refractivity contribution >= 4 is 0 Å². The van der Waals surface area contributed by atoms with Crippen LogP contribution in [0.2, 0.25) is 0 Å². The molecule has 1 aromatic rings. The third kappa shape index (κ3) is 2.17. The maximum atomic E-state index is 4.57. The predicted octanol–water partition coefficient (Wildman–Crippen LogP) is 2.89. The smallest absolute Gasteiger partial charge is 0.0658 e.